The number of nitrogens with one attached hydrogen (secondary N) is 1. The zero-order valence-electron chi connectivity index (χ0n) is 21.5. The Morgan fingerprint density at radius 2 is 1.76 bits per heavy atom. The van der Waals surface area contributed by atoms with Gasteiger partial charge in [-0.25, -0.2) is 9.97 Å². The lowest BCUT2D eigenvalue weighted by atomic mass is 9.92. The fraction of sp³-hybridized carbons (Fsp3) is 0.577. The summed E-state index contributed by atoms with van der Waals surface area (Å²) in [6.07, 6.45) is 3.29. The van der Waals surface area contributed by atoms with Gasteiger partial charge in [-0.05, 0) is 64.3 Å². The molecule has 2 rings (SSSR count). The summed E-state index contributed by atoms with van der Waals surface area (Å²) < 4.78 is 10.9. The second-order valence-corrected chi connectivity index (χ2v) is 10.5. The van der Waals surface area contributed by atoms with Crippen molar-refractivity contribution in [3.05, 3.63) is 41.3 Å². The number of methoxy groups -OCH3 is 1. The predicted molar refractivity (Wildman–Crippen MR) is 136 cm³/mol. The molecule has 7 heteroatoms. The molecule has 0 spiro atoms. The highest BCUT2D eigenvalue weighted by Crippen LogP contribution is 2.31. The predicted octanol–water partition coefficient (Wildman–Crippen LogP) is 6.28. The molecule has 0 radical (unpaired) electrons. The molecule has 0 saturated heterocycles. The van der Waals surface area contributed by atoms with Gasteiger partial charge in [0.05, 0.1) is 21.9 Å². The molecule has 0 bridgehead atoms. The van der Waals surface area contributed by atoms with Gasteiger partial charge in [0.1, 0.15) is 18.2 Å². The minimum absolute atomic E-state index is 0.0417. The number of nitrogens with zero attached hydrogens (tertiary/aromatic N) is 2. The molecule has 1 aromatic carbocycles. The van der Waals surface area contributed by atoms with Crippen molar-refractivity contribution in [2.45, 2.75) is 78.9 Å². The van der Waals surface area contributed by atoms with Crippen molar-refractivity contribution in [1.29, 1.82) is 0 Å². The maximum absolute atomic E-state index is 11.0. The van der Waals surface area contributed by atoms with Crippen LogP contribution in [0.3, 0.4) is 0 Å². The lowest BCUT2D eigenvalue weighted by molar-refractivity contribution is -0.111. The van der Waals surface area contributed by atoms with Crippen LogP contribution in [0.5, 0.6) is 5.75 Å². The lowest BCUT2D eigenvalue weighted by Gasteiger charge is -2.30. The summed E-state index contributed by atoms with van der Waals surface area (Å²) in [5.41, 5.74) is 1.33. The minimum atomic E-state index is -0.448. The average Bonchev–Trinajstić information content (AvgIpc) is 2.72. The number of hydrogen-bond donors (Lipinski definition) is 1. The number of halogens is 1. The maximum Gasteiger partial charge on any atom is 0.207 e. The molecule has 6 nitrogen and oxygen atoms in total. The third-order valence-corrected chi connectivity index (χ3v) is 5.14. The molecule has 0 aliphatic rings. The van der Waals surface area contributed by atoms with Crippen molar-refractivity contribution in [1.82, 2.24) is 15.3 Å². The van der Waals surface area contributed by atoms with E-state index >= 15 is 0 Å². The van der Waals surface area contributed by atoms with E-state index in [1.54, 1.807) is 13.3 Å². The molecule has 33 heavy (non-hydrogen) atoms. The summed E-state index contributed by atoms with van der Waals surface area (Å²) in [7, 11) is 1.71. The summed E-state index contributed by atoms with van der Waals surface area (Å²) in [5, 5.41) is 3.38. The second kappa shape index (κ2) is 12.9. The van der Waals surface area contributed by atoms with Crippen LogP contribution < -0.4 is 10.1 Å². The van der Waals surface area contributed by atoms with Crippen LogP contribution in [-0.4, -0.2) is 41.2 Å². The number of aromatic nitrogens is 2. The maximum atomic E-state index is 11.0. The molecule has 1 aromatic heterocycles. The quantitative estimate of drug-likeness (QED) is 0.430. The molecule has 0 aliphatic heterocycles. The second-order valence-electron chi connectivity index (χ2n) is 10.1. The van der Waals surface area contributed by atoms with Crippen molar-refractivity contribution in [2.75, 3.05) is 13.7 Å². The standard InChI is InChI=1S/C21H28ClN3O2.C5H12O/c1-14(2)11-21(5,24-13-26)12-27-19-7-6-16(10-17(19)22)18-8-9-23-20(25-18)15(3)4;1-5(2,3)6-4/h6-10,13-15H,11-12H2,1-5H3,(H,24,26);1-4H3/t21-;/m0./s1. The highest BCUT2D eigenvalue weighted by molar-refractivity contribution is 6.32. The van der Waals surface area contributed by atoms with Crippen LogP contribution in [0.2, 0.25) is 5.02 Å². The van der Waals surface area contributed by atoms with Crippen LogP contribution >= 0.6 is 11.6 Å². The van der Waals surface area contributed by atoms with Gasteiger partial charge >= 0.3 is 0 Å². The highest BCUT2D eigenvalue weighted by Gasteiger charge is 2.26. The van der Waals surface area contributed by atoms with Gasteiger partial charge in [-0.2, -0.15) is 0 Å². The molecule has 1 N–H and O–H groups in total. The molecule has 184 valence electrons. The Balaban J connectivity index is 0.000000801. The number of ether oxygens (including phenoxy) is 2. The first-order valence-electron chi connectivity index (χ1n) is 11.3. The van der Waals surface area contributed by atoms with Gasteiger partial charge in [0.25, 0.3) is 0 Å². The highest BCUT2D eigenvalue weighted by atomic mass is 35.5. The van der Waals surface area contributed by atoms with Crippen molar-refractivity contribution < 1.29 is 14.3 Å². The average molecular weight is 478 g/mol. The zero-order chi connectivity index (χ0) is 25.2. The molecule has 1 atom stereocenters. The van der Waals surface area contributed by atoms with Gasteiger partial charge in [0.2, 0.25) is 6.41 Å². The van der Waals surface area contributed by atoms with Crippen molar-refractivity contribution >= 4 is 18.0 Å². The van der Waals surface area contributed by atoms with Crippen LogP contribution in [-0.2, 0) is 9.53 Å². The molecule has 1 amide bonds. The number of benzene rings is 1. The van der Waals surface area contributed by atoms with E-state index in [0.717, 1.165) is 29.9 Å². The van der Waals surface area contributed by atoms with Crippen LogP contribution in [0.1, 0.15) is 73.6 Å². The van der Waals surface area contributed by atoms with Gasteiger partial charge in [0.15, 0.2) is 0 Å². The van der Waals surface area contributed by atoms with Gasteiger partial charge in [0, 0.05) is 24.8 Å². The summed E-state index contributed by atoms with van der Waals surface area (Å²) in [6.45, 7) is 16.7. The normalized spacial score (nSPS) is 13.2. The monoisotopic (exact) mass is 477 g/mol. The van der Waals surface area contributed by atoms with Crippen molar-refractivity contribution in [2.24, 2.45) is 5.92 Å². The molecule has 0 saturated carbocycles. The van der Waals surface area contributed by atoms with Crippen LogP contribution in [0.25, 0.3) is 11.3 Å². The van der Waals surface area contributed by atoms with Crippen LogP contribution in [0, 0.1) is 5.92 Å². The molecule has 0 fully saturated rings. The van der Waals surface area contributed by atoms with Crippen LogP contribution in [0.4, 0.5) is 0 Å². The Bertz CT molecular complexity index is 881. The van der Waals surface area contributed by atoms with E-state index in [-0.39, 0.29) is 11.5 Å². The molecular formula is C26H40ClN3O3. The minimum Gasteiger partial charge on any atom is -0.490 e. The molecule has 1 heterocycles. The Morgan fingerprint density at radius 1 is 1.12 bits per heavy atom. The smallest absolute Gasteiger partial charge is 0.207 e. The summed E-state index contributed by atoms with van der Waals surface area (Å²) in [6, 6.07) is 7.48. The summed E-state index contributed by atoms with van der Waals surface area (Å²) in [4.78, 5) is 19.8. The number of hydrogen-bond acceptors (Lipinski definition) is 5. The van der Waals surface area contributed by atoms with Gasteiger partial charge in [-0.3, -0.25) is 4.79 Å². The largest absolute Gasteiger partial charge is 0.490 e. The summed E-state index contributed by atoms with van der Waals surface area (Å²) >= 11 is 6.43. The number of carbonyl (C=O) groups excluding carboxylic acids is 1. The van der Waals surface area contributed by atoms with E-state index < -0.39 is 5.54 Å². The van der Waals surface area contributed by atoms with E-state index in [1.165, 1.54) is 0 Å². The van der Waals surface area contributed by atoms with Crippen molar-refractivity contribution in [3.63, 3.8) is 0 Å². The van der Waals surface area contributed by atoms with Crippen LogP contribution in [0.15, 0.2) is 30.5 Å². The Labute approximate surface area is 204 Å². The fourth-order valence-electron chi connectivity index (χ4n) is 3.03. The first kappa shape index (κ1) is 28.9. The fourth-order valence-corrected chi connectivity index (χ4v) is 3.26. The van der Waals surface area contributed by atoms with E-state index in [1.807, 2.05) is 52.0 Å². The lowest BCUT2D eigenvalue weighted by Crippen LogP contribution is -2.47. The van der Waals surface area contributed by atoms with E-state index in [2.05, 4.69) is 43.0 Å². The number of amides is 1. The first-order valence-corrected chi connectivity index (χ1v) is 11.7. The summed E-state index contributed by atoms with van der Waals surface area (Å²) in [5.74, 6) is 2.07. The van der Waals surface area contributed by atoms with E-state index in [0.29, 0.717) is 23.3 Å². The zero-order valence-corrected chi connectivity index (χ0v) is 22.3. The molecule has 0 unspecified atom stereocenters. The van der Waals surface area contributed by atoms with Crippen molar-refractivity contribution in [3.8, 4) is 17.0 Å². The Hall–Kier alpha value is -2.18. The third-order valence-electron chi connectivity index (χ3n) is 4.84. The third kappa shape index (κ3) is 10.5. The van der Waals surface area contributed by atoms with Gasteiger partial charge in [-0.15, -0.1) is 0 Å². The topological polar surface area (TPSA) is 73.3 Å². The van der Waals surface area contributed by atoms with E-state index in [4.69, 9.17) is 21.1 Å². The van der Waals surface area contributed by atoms with Gasteiger partial charge < -0.3 is 14.8 Å². The Morgan fingerprint density at radius 3 is 2.24 bits per heavy atom. The van der Waals surface area contributed by atoms with E-state index in [9.17, 15) is 4.79 Å². The number of carbonyl (C=O) groups is 1. The molecule has 2 aromatic rings. The first-order chi connectivity index (χ1) is 15.3. The van der Waals surface area contributed by atoms with Gasteiger partial charge in [-0.1, -0.05) is 39.3 Å². The molecular weight excluding hydrogens is 438 g/mol. The Kier molecular flexibility index (Phi) is 11.3. The molecule has 0 aliphatic carbocycles. The SMILES string of the molecule is CC(C)C[C@@](C)(COc1ccc(-c2ccnc(C(C)C)n2)cc1Cl)NC=O.COC(C)(C)C. The number of rotatable bonds is 9.